The normalized spacial score (nSPS) is 13.1. The molecule has 3 aromatic rings. The third kappa shape index (κ3) is 1.89. The summed E-state index contributed by atoms with van der Waals surface area (Å²) in [5.41, 5.74) is 2.23. The number of fused-ring (bicyclic) bond motifs is 3. The first-order chi connectivity index (χ1) is 10.2. The molecule has 0 fully saturated rings. The number of aromatic nitrogens is 5. The monoisotopic (exact) mass is 298 g/mol. The number of imidazole rings is 1. The fourth-order valence-corrected chi connectivity index (χ4v) is 2.89. The Morgan fingerprint density at radius 2 is 2.10 bits per heavy atom. The SMILES string of the molecule is Cn1cnc2c1-c1n[nH]c(=S)n1CN2Cc1ccccc1. The van der Waals surface area contributed by atoms with Crippen molar-refractivity contribution in [3.05, 3.63) is 47.0 Å². The summed E-state index contributed by atoms with van der Waals surface area (Å²) in [5.74, 6) is 1.79. The van der Waals surface area contributed by atoms with E-state index in [1.807, 2.05) is 40.7 Å². The maximum absolute atomic E-state index is 5.32. The van der Waals surface area contributed by atoms with Crippen LogP contribution in [-0.2, 0) is 20.3 Å². The molecule has 1 aromatic carbocycles. The van der Waals surface area contributed by atoms with Crippen LogP contribution in [0.5, 0.6) is 0 Å². The molecule has 1 aliphatic rings. The summed E-state index contributed by atoms with van der Waals surface area (Å²) < 4.78 is 4.62. The standard InChI is InChI=1S/C14H14N6S/c1-18-8-15-12-11(18)13-16-17-14(21)20(13)9-19(12)7-10-5-3-2-4-6-10/h2-6,8H,7,9H2,1H3,(H,17,21). The molecule has 0 saturated carbocycles. The summed E-state index contributed by atoms with van der Waals surface area (Å²) in [4.78, 5) is 6.74. The van der Waals surface area contributed by atoms with Gasteiger partial charge in [-0.1, -0.05) is 30.3 Å². The van der Waals surface area contributed by atoms with Crippen LogP contribution in [0, 0.1) is 4.77 Å². The lowest BCUT2D eigenvalue weighted by Gasteiger charge is -2.28. The summed E-state index contributed by atoms with van der Waals surface area (Å²) in [5, 5.41) is 7.20. The first-order valence-corrected chi connectivity index (χ1v) is 7.10. The molecule has 106 valence electrons. The van der Waals surface area contributed by atoms with Crippen molar-refractivity contribution < 1.29 is 0 Å². The van der Waals surface area contributed by atoms with Crippen LogP contribution < -0.4 is 4.90 Å². The van der Waals surface area contributed by atoms with E-state index in [1.165, 1.54) is 5.56 Å². The van der Waals surface area contributed by atoms with E-state index >= 15 is 0 Å². The molecule has 0 saturated heterocycles. The van der Waals surface area contributed by atoms with Gasteiger partial charge in [-0.2, -0.15) is 5.10 Å². The number of nitrogens with zero attached hydrogens (tertiary/aromatic N) is 5. The number of H-pyrrole nitrogens is 1. The fraction of sp³-hybridized carbons (Fsp3) is 0.214. The Labute approximate surface area is 126 Å². The molecule has 0 unspecified atom stereocenters. The first kappa shape index (κ1) is 12.3. The highest BCUT2D eigenvalue weighted by molar-refractivity contribution is 7.71. The summed E-state index contributed by atoms with van der Waals surface area (Å²) in [6.45, 7) is 1.45. The van der Waals surface area contributed by atoms with Gasteiger partial charge in [-0.15, -0.1) is 0 Å². The van der Waals surface area contributed by atoms with E-state index in [1.54, 1.807) is 0 Å². The van der Waals surface area contributed by atoms with Gasteiger partial charge in [-0.05, 0) is 17.8 Å². The highest BCUT2D eigenvalue weighted by Gasteiger charge is 2.28. The van der Waals surface area contributed by atoms with Crippen LogP contribution >= 0.6 is 12.2 Å². The van der Waals surface area contributed by atoms with Crippen molar-refractivity contribution in [3.63, 3.8) is 0 Å². The lowest BCUT2D eigenvalue weighted by Crippen LogP contribution is -2.30. The van der Waals surface area contributed by atoms with E-state index in [-0.39, 0.29) is 0 Å². The van der Waals surface area contributed by atoms with E-state index in [4.69, 9.17) is 12.2 Å². The third-order valence-electron chi connectivity index (χ3n) is 3.72. The zero-order chi connectivity index (χ0) is 14.4. The van der Waals surface area contributed by atoms with Crippen LogP contribution in [0.2, 0.25) is 0 Å². The maximum Gasteiger partial charge on any atom is 0.197 e. The zero-order valence-corrected chi connectivity index (χ0v) is 12.3. The predicted octanol–water partition coefficient (Wildman–Crippen LogP) is 2.32. The predicted molar refractivity (Wildman–Crippen MR) is 82.2 cm³/mol. The van der Waals surface area contributed by atoms with Crippen molar-refractivity contribution in [1.29, 1.82) is 0 Å². The van der Waals surface area contributed by atoms with Gasteiger partial charge < -0.3 is 9.47 Å². The molecular weight excluding hydrogens is 284 g/mol. The maximum atomic E-state index is 5.32. The molecule has 0 radical (unpaired) electrons. The molecule has 4 rings (SSSR count). The van der Waals surface area contributed by atoms with Gasteiger partial charge in [0.15, 0.2) is 16.4 Å². The van der Waals surface area contributed by atoms with Gasteiger partial charge in [-0.3, -0.25) is 9.67 Å². The van der Waals surface area contributed by atoms with Crippen LogP contribution in [-0.4, -0.2) is 24.3 Å². The second kappa shape index (κ2) is 4.56. The molecule has 0 atom stereocenters. The number of anilines is 1. The molecule has 0 amide bonds. The second-order valence-corrected chi connectivity index (χ2v) is 5.52. The zero-order valence-electron chi connectivity index (χ0n) is 11.5. The molecular formula is C14H14N6S. The van der Waals surface area contributed by atoms with Crippen LogP contribution in [0.4, 0.5) is 5.82 Å². The number of aromatic amines is 1. The Morgan fingerprint density at radius 3 is 2.90 bits per heavy atom. The number of benzene rings is 1. The molecule has 3 heterocycles. The van der Waals surface area contributed by atoms with Crippen molar-refractivity contribution >= 4 is 18.0 Å². The van der Waals surface area contributed by atoms with E-state index in [0.29, 0.717) is 11.4 Å². The average Bonchev–Trinajstić information content (AvgIpc) is 3.05. The molecule has 0 bridgehead atoms. The summed E-state index contributed by atoms with van der Waals surface area (Å²) in [6.07, 6.45) is 1.82. The Kier molecular flexibility index (Phi) is 2.68. The van der Waals surface area contributed by atoms with Gasteiger partial charge in [0.1, 0.15) is 12.4 Å². The van der Waals surface area contributed by atoms with Crippen molar-refractivity contribution in [2.75, 3.05) is 4.90 Å². The number of hydrogen-bond donors (Lipinski definition) is 1. The summed E-state index contributed by atoms with van der Waals surface area (Å²) >= 11 is 5.32. The molecule has 2 aromatic heterocycles. The van der Waals surface area contributed by atoms with Gasteiger partial charge in [0, 0.05) is 13.6 Å². The topological polar surface area (TPSA) is 54.7 Å². The van der Waals surface area contributed by atoms with E-state index < -0.39 is 0 Å². The lowest BCUT2D eigenvalue weighted by molar-refractivity contribution is 0.610. The fourth-order valence-electron chi connectivity index (χ4n) is 2.70. The summed E-state index contributed by atoms with van der Waals surface area (Å²) in [7, 11) is 1.97. The Hall–Kier alpha value is -2.41. The van der Waals surface area contributed by atoms with Crippen molar-refractivity contribution in [3.8, 4) is 11.5 Å². The molecule has 0 spiro atoms. The molecule has 21 heavy (non-hydrogen) atoms. The minimum atomic E-state index is 0.634. The van der Waals surface area contributed by atoms with Gasteiger partial charge in [0.2, 0.25) is 0 Å². The van der Waals surface area contributed by atoms with Crippen molar-refractivity contribution in [1.82, 2.24) is 24.3 Å². The molecule has 1 N–H and O–H groups in total. The van der Waals surface area contributed by atoms with Gasteiger partial charge in [0.05, 0.1) is 6.33 Å². The molecule has 0 aliphatic carbocycles. The lowest BCUT2D eigenvalue weighted by atomic mass is 10.2. The number of aryl methyl sites for hydroxylation is 1. The molecule has 1 aliphatic heterocycles. The highest BCUT2D eigenvalue weighted by Crippen LogP contribution is 2.33. The molecule has 6 nitrogen and oxygen atoms in total. The number of hydrogen-bond acceptors (Lipinski definition) is 4. The Morgan fingerprint density at radius 1 is 1.29 bits per heavy atom. The summed E-state index contributed by atoms with van der Waals surface area (Å²) in [6, 6.07) is 10.4. The van der Waals surface area contributed by atoms with Crippen LogP contribution in [0.15, 0.2) is 36.7 Å². The van der Waals surface area contributed by atoms with Gasteiger partial charge >= 0.3 is 0 Å². The smallest absolute Gasteiger partial charge is 0.197 e. The minimum absolute atomic E-state index is 0.634. The first-order valence-electron chi connectivity index (χ1n) is 6.70. The average molecular weight is 298 g/mol. The third-order valence-corrected chi connectivity index (χ3v) is 4.03. The number of nitrogens with one attached hydrogen (secondary N) is 1. The van der Waals surface area contributed by atoms with Gasteiger partial charge in [-0.25, -0.2) is 4.98 Å². The van der Waals surface area contributed by atoms with Crippen LogP contribution in [0.25, 0.3) is 11.5 Å². The van der Waals surface area contributed by atoms with Gasteiger partial charge in [0.25, 0.3) is 0 Å². The van der Waals surface area contributed by atoms with E-state index in [9.17, 15) is 0 Å². The molecule has 7 heteroatoms. The van der Waals surface area contributed by atoms with Crippen molar-refractivity contribution in [2.24, 2.45) is 7.05 Å². The number of rotatable bonds is 2. The highest BCUT2D eigenvalue weighted by atomic mass is 32.1. The second-order valence-electron chi connectivity index (χ2n) is 5.13. The van der Waals surface area contributed by atoms with E-state index in [2.05, 4.69) is 32.2 Å². The quantitative estimate of drug-likeness (QED) is 0.738. The van der Waals surface area contributed by atoms with Crippen LogP contribution in [0.1, 0.15) is 5.56 Å². The van der Waals surface area contributed by atoms with Crippen LogP contribution in [0.3, 0.4) is 0 Å². The largest absolute Gasteiger partial charge is 0.332 e. The van der Waals surface area contributed by atoms with Crippen molar-refractivity contribution in [2.45, 2.75) is 13.2 Å². The minimum Gasteiger partial charge on any atom is -0.332 e. The Balaban J connectivity index is 1.81. The van der Waals surface area contributed by atoms with E-state index in [0.717, 1.165) is 23.9 Å². The Bertz CT molecular complexity index is 844.